The molecule has 0 atom stereocenters. The van der Waals surface area contributed by atoms with Crippen LogP contribution in [-0.4, -0.2) is 36.4 Å². The van der Waals surface area contributed by atoms with Crippen LogP contribution in [0.15, 0.2) is 39.0 Å². The van der Waals surface area contributed by atoms with Gasteiger partial charge >= 0.3 is 5.69 Å². The predicted molar refractivity (Wildman–Crippen MR) is 117 cm³/mol. The van der Waals surface area contributed by atoms with Crippen LogP contribution < -0.4 is 16.6 Å². The molecule has 0 aliphatic heterocycles. The number of nitrogens with one attached hydrogen (secondary N) is 1. The number of imidazole rings is 1. The minimum atomic E-state index is -0.510. The van der Waals surface area contributed by atoms with Gasteiger partial charge in [-0.15, -0.1) is 0 Å². The normalized spacial score (nSPS) is 14.4. The van der Waals surface area contributed by atoms with Crippen molar-refractivity contribution in [1.29, 1.82) is 0 Å². The molecule has 2 heterocycles. The molecule has 0 radical (unpaired) electrons. The molecule has 164 valence electrons. The molecule has 31 heavy (non-hydrogen) atoms. The molecule has 10 heteroatoms. The molecule has 2 aromatic heterocycles. The van der Waals surface area contributed by atoms with Gasteiger partial charge in [0.1, 0.15) is 5.82 Å². The van der Waals surface area contributed by atoms with Crippen molar-refractivity contribution in [3.05, 3.63) is 56.5 Å². The van der Waals surface area contributed by atoms with Crippen LogP contribution >= 0.6 is 11.8 Å². The molecule has 0 bridgehead atoms. The molecule has 1 fully saturated rings. The van der Waals surface area contributed by atoms with Crippen LogP contribution in [0.2, 0.25) is 0 Å². The van der Waals surface area contributed by atoms with Gasteiger partial charge in [-0.3, -0.25) is 18.7 Å². The first kappa shape index (κ1) is 21.4. The number of carbonyl (C=O) groups is 1. The number of rotatable bonds is 6. The second kappa shape index (κ2) is 8.70. The molecule has 1 aliphatic carbocycles. The third kappa shape index (κ3) is 4.16. The molecule has 4 rings (SSSR count). The van der Waals surface area contributed by atoms with Gasteiger partial charge in [0.15, 0.2) is 16.3 Å². The summed E-state index contributed by atoms with van der Waals surface area (Å²) in [7, 11) is 2.93. The predicted octanol–water partition coefficient (Wildman–Crippen LogP) is 1.77. The lowest BCUT2D eigenvalue weighted by molar-refractivity contribution is -0.119. The van der Waals surface area contributed by atoms with E-state index in [0.29, 0.717) is 10.7 Å². The molecule has 1 saturated carbocycles. The summed E-state index contributed by atoms with van der Waals surface area (Å²) in [5, 5.41) is 3.41. The Labute approximate surface area is 182 Å². The topological polar surface area (TPSA) is 90.9 Å². The van der Waals surface area contributed by atoms with Gasteiger partial charge in [0, 0.05) is 25.7 Å². The van der Waals surface area contributed by atoms with E-state index in [9.17, 15) is 18.8 Å². The number of aryl methyl sites for hydroxylation is 1. The highest BCUT2D eigenvalue weighted by Crippen LogP contribution is 2.24. The number of aromatic nitrogens is 4. The van der Waals surface area contributed by atoms with Gasteiger partial charge in [-0.1, -0.05) is 42.8 Å². The molecular weight excluding hydrogens is 421 g/mol. The summed E-state index contributed by atoms with van der Waals surface area (Å²) >= 11 is 1.17. The average Bonchev–Trinajstić information content (AvgIpc) is 3.39. The maximum absolute atomic E-state index is 14.3. The van der Waals surface area contributed by atoms with Crippen molar-refractivity contribution in [3.63, 3.8) is 0 Å². The number of thioether (sulfide) groups is 1. The van der Waals surface area contributed by atoms with E-state index in [1.807, 2.05) is 0 Å². The fraction of sp³-hybridized carbons (Fsp3) is 0.429. The van der Waals surface area contributed by atoms with Crippen LogP contribution in [0.4, 0.5) is 4.39 Å². The first-order valence-electron chi connectivity index (χ1n) is 10.2. The highest BCUT2D eigenvalue weighted by Gasteiger charge is 2.22. The maximum Gasteiger partial charge on any atom is 0.332 e. The smallest absolute Gasteiger partial charge is 0.332 e. The number of hydrogen-bond acceptors (Lipinski definition) is 5. The second-order valence-corrected chi connectivity index (χ2v) is 8.73. The summed E-state index contributed by atoms with van der Waals surface area (Å²) in [5.74, 6) is -0.394. The largest absolute Gasteiger partial charge is 0.353 e. The van der Waals surface area contributed by atoms with Crippen molar-refractivity contribution in [3.8, 4) is 0 Å². The fourth-order valence-corrected chi connectivity index (χ4v) is 4.76. The first-order chi connectivity index (χ1) is 14.9. The lowest BCUT2D eigenvalue weighted by Crippen LogP contribution is -2.37. The molecule has 3 aromatic rings. The standard InChI is InChI=1S/C21H24FN5O3S/c1-25-18-17(19(29)26(2)21(25)30)27(11-13-7-3-6-10-15(13)22)20(24-18)31-12-16(28)23-14-8-4-5-9-14/h3,6-7,10,14H,4-5,8-9,11-12H2,1-2H3,(H,23,28). The molecule has 1 N–H and O–H groups in total. The maximum atomic E-state index is 14.3. The number of amides is 1. The molecule has 0 spiro atoms. The van der Waals surface area contributed by atoms with Crippen LogP contribution in [0, 0.1) is 5.82 Å². The number of carbonyl (C=O) groups excluding carboxylic acids is 1. The average molecular weight is 446 g/mol. The van der Waals surface area contributed by atoms with Crippen molar-refractivity contribution in [2.75, 3.05) is 5.75 Å². The summed E-state index contributed by atoms with van der Waals surface area (Å²) in [6, 6.07) is 6.50. The lowest BCUT2D eigenvalue weighted by atomic mass is 10.2. The lowest BCUT2D eigenvalue weighted by Gasteiger charge is -2.12. The van der Waals surface area contributed by atoms with Crippen molar-refractivity contribution in [2.24, 2.45) is 14.1 Å². The Balaban J connectivity index is 1.72. The minimum absolute atomic E-state index is 0.0587. The Morgan fingerprint density at radius 3 is 2.61 bits per heavy atom. The molecule has 1 aliphatic rings. The van der Waals surface area contributed by atoms with Gasteiger partial charge in [0.25, 0.3) is 5.56 Å². The summed E-state index contributed by atoms with van der Waals surface area (Å²) in [6.07, 6.45) is 4.21. The Morgan fingerprint density at radius 1 is 1.19 bits per heavy atom. The molecule has 0 unspecified atom stereocenters. The van der Waals surface area contributed by atoms with Gasteiger partial charge < -0.3 is 9.88 Å². The third-order valence-electron chi connectivity index (χ3n) is 5.65. The number of fused-ring (bicyclic) bond motifs is 1. The van der Waals surface area contributed by atoms with Crippen LogP contribution in [0.3, 0.4) is 0 Å². The van der Waals surface area contributed by atoms with E-state index < -0.39 is 17.1 Å². The van der Waals surface area contributed by atoms with Crippen molar-refractivity contribution >= 4 is 28.8 Å². The van der Waals surface area contributed by atoms with Gasteiger partial charge in [-0.2, -0.15) is 0 Å². The van der Waals surface area contributed by atoms with Gasteiger partial charge in [0.05, 0.1) is 12.3 Å². The summed E-state index contributed by atoms with van der Waals surface area (Å²) in [5.41, 5.74) is -0.211. The molecular formula is C21H24FN5O3S. The van der Waals surface area contributed by atoms with Crippen LogP contribution in [0.1, 0.15) is 31.2 Å². The molecule has 8 nitrogen and oxygen atoms in total. The number of nitrogens with zero attached hydrogens (tertiary/aromatic N) is 4. The zero-order valence-corrected chi connectivity index (χ0v) is 18.2. The van der Waals surface area contributed by atoms with Crippen LogP contribution in [0.5, 0.6) is 0 Å². The SMILES string of the molecule is Cn1c(=O)c2c(nc(SCC(=O)NC3CCCC3)n2Cc2ccccc2F)n(C)c1=O. The van der Waals surface area contributed by atoms with E-state index in [2.05, 4.69) is 10.3 Å². The highest BCUT2D eigenvalue weighted by molar-refractivity contribution is 7.99. The van der Waals surface area contributed by atoms with Crippen molar-refractivity contribution in [2.45, 2.75) is 43.4 Å². The number of benzene rings is 1. The van der Waals surface area contributed by atoms with E-state index >= 15 is 0 Å². The Bertz CT molecular complexity index is 1260. The Morgan fingerprint density at radius 2 is 1.90 bits per heavy atom. The van der Waals surface area contributed by atoms with Gasteiger partial charge in [-0.05, 0) is 18.9 Å². The highest BCUT2D eigenvalue weighted by atomic mass is 32.2. The van der Waals surface area contributed by atoms with E-state index in [0.717, 1.165) is 30.3 Å². The zero-order valence-electron chi connectivity index (χ0n) is 17.4. The van der Waals surface area contributed by atoms with Crippen molar-refractivity contribution in [1.82, 2.24) is 24.0 Å². The Hall–Kier alpha value is -2.88. The molecule has 0 saturated heterocycles. The van der Waals surface area contributed by atoms with E-state index in [1.165, 1.54) is 36.5 Å². The molecule has 1 aromatic carbocycles. The van der Waals surface area contributed by atoms with Crippen molar-refractivity contribution < 1.29 is 9.18 Å². The van der Waals surface area contributed by atoms with E-state index in [-0.39, 0.29) is 35.4 Å². The van der Waals surface area contributed by atoms with Gasteiger partial charge in [0.2, 0.25) is 5.91 Å². The van der Waals surface area contributed by atoms with E-state index in [4.69, 9.17) is 0 Å². The summed E-state index contributed by atoms with van der Waals surface area (Å²) < 4.78 is 18.2. The second-order valence-electron chi connectivity index (χ2n) is 7.79. The van der Waals surface area contributed by atoms with Crippen LogP contribution in [-0.2, 0) is 25.4 Å². The third-order valence-corrected chi connectivity index (χ3v) is 6.63. The summed E-state index contributed by atoms with van der Waals surface area (Å²) in [6.45, 7) is 0.0587. The minimum Gasteiger partial charge on any atom is -0.353 e. The Kier molecular flexibility index (Phi) is 5.99. The monoisotopic (exact) mass is 445 g/mol. The number of hydrogen-bond donors (Lipinski definition) is 1. The molecule has 1 amide bonds. The van der Waals surface area contributed by atoms with E-state index in [1.54, 1.807) is 22.8 Å². The number of halogens is 1. The van der Waals surface area contributed by atoms with Crippen LogP contribution in [0.25, 0.3) is 11.2 Å². The fourth-order valence-electron chi connectivity index (χ4n) is 3.95. The van der Waals surface area contributed by atoms with Gasteiger partial charge in [-0.25, -0.2) is 14.2 Å². The zero-order chi connectivity index (χ0) is 22.1. The quantitative estimate of drug-likeness (QED) is 0.584. The summed E-state index contributed by atoms with van der Waals surface area (Å²) in [4.78, 5) is 42.1. The first-order valence-corrected chi connectivity index (χ1v) is 11.2.